The molecule has 1 aliphatic heterocycles. The van der Waals surface area contributed by atoms with E-state index in [1.165, 1.54) is 12.8 Å². The van der Waals surface area contributed by atoms with E-state index < -0.39 is 0 Å². The van der Waals surface area contributed by atoms with Crippen molar-refractivity contribution >= 4 is 17.6 Å². The van der Waals surface area contributed by atoms with Gasteiger partial charge in [-0.05, 0) is 43.7 Å². The van der Waals surface area contributed by atoms with Gasteiger partial charge in [0.1, 0.15) is 0 Å². The number of carbonyl (C=O) groups is 2. The number of anilines is 1. The van der Waals surface area contributed by atoms with Crippen molar-refractivity contribution in [3.63, 3.8) is 0 Å². The summed E-state index contributed by atoms with van der Waals surface area (Å²) in [5, 5.41) is 5.90. The van der Waals surface area contributed by atoms with E-state index in [-0.39, 0.29) is 11.9 Å². The summed E-state index contributed by atoms with van der Waals surface area (Å²) in [4.78, 5) is 27.1. The second-order valence-electron chi connectivity index (χ2n) is 7.25. The summed E-state index contributed by atoms with van der Waals surface area (Å²) < 4.78 is 0. The number of urea groups is 1. The zero-order valence-corrected chi connectivity index (χ0v) is 16.4. The molecule has 1 atom stereocenters. The zero-order valence-electron chi connectivity index (χ0n) is 16.4. The van der Waals surface area contributed by atoms with Gasteiger partial charge in [-0.25, -0.2) is 4.79 Å². The molecule has 1 fully saturated rings. The van der Waals surface area contributed by atoms with Crippen molar-refractivity contribution < 1.29 is 9.59 Å². The summed E-state index contributed by atoms with van der Waals surface area (Å²) in [6.07, 6.45) is 6.66. The van der Waals surface area contributed by atoms with Crippen molar-refractivity contribution in [2.75, 3.05) is 25.0 Å². The van der Waals surface area contributed by atoms with E-state index in [1.54, 1.807) is 6.07 Å². The van der Waals surface area contributed by atoms with E-state index in [0.29, 0.717) is 23.7 Å². The van der Waals surface area contributed by atoms with Crippen LogP contribution in [0, 0.1) is 12.8 Å². The Balaban J connectivity index is 2.01. The van der Waals surface area contributed by atoms with Crippen LogP contribution in [0.15, 0.2) is 18.2 Å². The fourth-order valence-electron chi connectivity index (χ4n) is 3.44. The molecule has 144 valence electrons. The number of carbonyl (C=O) groups excluding carboxylic acids is 2. The van der Waals surface area contributed by atoms with Crippen LogP contribution >= 0.6 is 0 Å². The van der Waals surface area contributed by atoms with E-state index in [2.05, 4.69) is 24.5 Å². The van der Waals surface area contributed by atoms with Gasteiger partial charge in [0.15, 0.2) is 0 Å². The normalized spacial score (nSPS) is 15.0. The number of nitrogens with zero attached hydrogens (tertiary/aromatic N) is 1. The molecule has 2 rings (SSSR count). The maximum atomic E-state index is 12.8. The average molecular weight is 360 g/mol. The van der Waals surface area contributed by atoms with Crippen LogP contribution in [-0.4, -0.2) is 36.5 Å². The third-order valence-corrected chi connectivity index (χ3v) is 5.23. The maximum absolute atomic E-state index is 12.8. The molecular weight excluding hydrogens is 326 g/mol. The molecule has 1 aromatic carbocycles. The van der Waals surface area contributed by atoms with Crippen LogP contribution in [0.5, 0.6) is 0 Å². The van der Waals surface area contributed by atoms with Gasteiger partial charge >= 0.3 is 6.03 Å². The molecular formula is C21H33N3O2. The molecule has 26 heavy (non-hydrogen) atoms. The Morgan fingerprint density at radius 3 is 2.58 bits per heavy atom. The van der Waals surface area contributed by atoms with Gasteiger partial charge in [0, 0.05) is 19.6 Å². The molecule has 1 aromatic rings. The fraction of sp³-hybridized carbons (Fsp3) is 0.619. The summed E-state index contributed by atoms with van der Waals surface area (Å²) in [5.41, 5.74) is 2.12. The largest absolute Gasteiger partial charge is 0.339 e. The van der Waals surface area contributed by atoms with Gasteiger partial charge in [0.2, 0.25) is 0 Å². The molecule has 1 aliphatic rings. The number of hydrogen-bond acceptors (Lipinski definition) is 2. The summed E-state index contributed by atoms with van der Waals surface area (Å²) in [6.45, 7) is 8.54. The van der Waals surface area contributed by atoms with Crippen LogP contribution in [0.25, 0.3) is 0 Å². The molecule has 2 N–H and O–H groups in total. The minimum Gasteiger partial charge on any atom is -0.339 e. The van der Waals surface area contributed by atoms with Crippen molar-refractivity contribution in [2.24, 2.45) is 5.92 Å². The highest BCUT2D eigenvalue weighted by atomic mass is 16.2. The van der Waals surface area contributed by atoms with Crippen molar-refractivity contribution in [3.05, 3.63) is 29.3 Å². The van der Waals surface area contributed by atoms with Gasteiger partial charge in [0.25, 0.3) is 5.91 Å². The van der Waals surface area contributed by atoms with Crippen molar-refractivity contribution in [3.8, 4) is 0 Å². The number of aryl methyl sites for hydroxylation is 1. The molecule has 0 aliphatic carbocycles. The predicted molar refractivity (Wildman–Crippen MR) is 107 cm³/mol. The molecule has 5 heteroatoms. The molecule has 0 radical (unpaired) electrons. The molecule has 3 amide bonds. The molecule has 0 spiro atoms. The zero-order chi connectivity index (χ0) is 18.9. The molecule has 0 unspecified atom stereocenters. The Morgan fingerprint density at radius 2 is 1.92 bits per heavy atom. The standard InChI is InChI=1S/C21H33N3O2/c1-4-6-11-17(5-2)15-22-21(26)23-19-16(3)10-9-12-18(19)20(25)24-13-7-8-14-24/h9-10,12,17H,4-8,11,13-15H2,1-3H3,(H2,22,23,26)/t17-/m0/s1. The topological polar surface area (TPSA) is 61.4 Å². The number of para-hydroxylation sites is 1. The van der Waals surface area contributed by atoms with Crippen LogP contribution in [-0.2, 0) is 0 Å². The van der Waals surface area contributed by atoms with Gasteiger partial charge in [-0.2, -0.15) is 0 Å². The Bertz CT molecular complexity index is 609. The van der Waals surface area contributed by atoms with Crippen molar-refractivity contribution in [2.45, 2.75) is 59.3 Å². The van der Waals surface area contributed by atoms with Crippen LogP contribution in [0.3, 0.4) is 0 Å². The van der Waals surface area contributed by atoms with Gasteiger partial charge in [-0.1, -0.05) is 45.2 Å². The van der Waals surface area contributed by atoms with Crippen molar-refractivity contribution in [1.82, 2.24) is 10.2 Å². The number of benzene rings is 1. The summed E-state index contributed by atoms with van der Waals surface area (Å²) in [6, 6.07) is 5.37. The first-order chi connectivity index (χ1) is 12.6. The number of unbranched alkanes of at least 4 members (excludes halogenated alkanes) is 1. The van der Waals surface area contributed by atoms with E-state index in [0.717, 1.165) is 44.3 Å². The van der Waals surface area contributed by atoms with E-state index in [9.17, 15) is 9.59 Å². The lowest BCUT2D eigenvalue weighted by atomic mass is 9.99. The maximum Gasteiger partial charge on any atom is 0.319 e. The highest BCUT2D eigenvalue weighted by Crippen LogP contribution is 2.24. The van der Waals surface area contributed by atoms with Gasteiger partial charge in [-0.3, -0.25) is 4.79 Å². The fourth-order valence-corrected chi connectivity index (χ4v) is 3.44. The third-order valence-electron chi connectivity index (χ3n) is 5.23. The number of amides is 3. The average Bonchev–Trinajstić information content (AvgIpc) is 3.17. The molecule has 0 saturated carbocycles. The second-order valence-corrected chi connectivity index (χ2v) is 7.25. The summed E-state index contributed by atoms with van der Waals surface area (Å²) in [7, 11) is 0. The molecule has 5 nitrogen and oxygen atoms in total. The van der Waals surface area contributed by atoms with Gasteiger partial charge < -0.3 is 15.5 Å². The van der Waals surface area contributed by atoms with Crippen LogP contribution in [0.4, 0.5) is 10.5 Å². The van der Waals surface area contributed by atoms with Crippen LogP contribution in [0.1, 0.15) is 68.3 Å². The minimum atomic E-state index is -0.232. The lowest BCUT2D eigenvalue weighted by molar-refractivity contribution is 0.0794. The van der Waals surface area contributed by atoms with Crippen LogP contribution < -0.4 is 10.6 Å². The molecule has 0 aromatic heterocycles. The Kier molecular flexibility index (Phi) is 7.95. The van der Waals surface area contributed by atoms with E-state index >= 15 is 0 Å². The molecule has 1 heterocycles. The number of rotatable bonds is 8. The summed E-state index contributed by atoms with van der Waals surface area (Å²) in [5.74, 6) is 0.513. The van der Waals surface area contributed by atoms with Gasteiger partial charge in [0.05, 0.1) is 11.3 Å². The van der Waals surface area contributed by atoms with Crippen molar-refractivity contribution in [1.29, 1.82) is 0 Å². The first-order valence-electron chi connectivity index (χ1n) is 10.0. The first-order valence-corrected chi connectivity index (χ1v) is 10.0. The lowest BCUT2D eigenvalue weighted by Gasteiger charge is -2.20. The quantitative estimate of drug-likeness (QED) is 0.714. The number of likely N-dealkylation sites (tertiary alicyclic amines) is 1. The highest BCUT2D eigenvalue weighted by molar-refractivity contribution is 6.04. The highest BCUT2D eigenvalue weighted by Gasteiger charge is 2.23. The van der Waals surface area contributed by atoms with E-state index in [1.807, 2.05) is 24.0 Å². The SMILES string of the molecule is CCCC[C@H](CC)CNC(=O)Nc1c(C)cccc1C(=O)N1CCCC1. The monoisotopic (exact) mass is 359 g/mol. The third kappa shape index (κ3) is 5.48. The first kappa shape index (κ1) is 20.3. The predicted octanol–water partition coefficient (Wildman–Crippen LogP) is 4.57. The van der Waals surface area contributed by atoms with Gasteiger partial charge in [-0.15, -0.1) is 0 Å². The molecule has 0 bridgehead atoms. The molecule has 1 saturated heterocycles. The minimum absolute atomic E-state index is 0.0101. The second kappa shape index (κ2) is 10.2. The number of nitrogens with one attached hydrogen (secondary N) is 2. The smallest absolute Gasteiger partial charge is 0.319 e. The Labute approximate surface area is 157 Å². The summed E-state index contributed by atoms with van der Waals surface area (Å²) >= 11 is 0. The lowest BCUT2D eigenvalue weighted by Crippen LogP contribution is -2.34. The van der Waals surface area contributed by atoms with Crippen LogP contribution in [0.2, 0.25) is 0 Å². The number of hydrogen-bond donors (Lipinski definition) is 2. The Hall–Kier alpha value is -2.04. The van der Waals surface area contributed by atoms with E-state index in [4.69, 9.17) is 0 Å². The Morgan fingerprint density at radius 1 is 1.19 bits per heavy atom.